The van der Waals surface area contributed by atoms with Gasteiger partial charge in [-0.2, -0.15) is 0 Å². The van der Waals surface area contributed by atoms with E-state index in [1.165, 1.54) is 16.7 Å². The van der Waals surface area contributed by atoms with Crippen molar-refractivity contribution in [3.63, 3.8) is 0 Å². The minimum absolute atomic E-state index is 0.178. The van der Waals surface area contributed by atoms with Gasteiger partial charge in [0, 0.05) is 16.5 Å². The molecule has 3 unspecified atom stereocenters. The summed E-state index contributed by atoms with van der Waals surface area (Å²) in [6, 6.07) is 22.3. The molecule has 5 rings (SSSR count). The smallest absolute Gasteiger partial charge is 0.334 e. The number of aliphatic hydroxyl groups is 1. The summed E-state index contributed by atoms with van der Waals surface area (Å²) in [5.41, 5.74) is 2.79. The van der Waals surface area contributed by atoms with E-state index in [1.54, 1.807) is 23.6 Å². The molecule has 0 spiro atoms. The Kier molecular flexibility index (Phi) is 9.60. The third-order valence-corrected chi connectivity index (χ3v) is 9.38. The zero-order chi connectivity index (χ0) is 30.0. The lowest BCUT2D eigenvalue weighted by Gasteiger charge is -2.52. The second-order valence-electron chi connectivity index (χ2n) is 10.6. The standard InChI is InChI=1S/C32H30Cl2N2O4S2/c1-18(2)28(37)23-17-42-31-26(35-25(41)16-21-15-22(33)13-14-24(21)34)30(38)36(31)27(23)32(39)40-29(19-9-5-3-6-10-19)20-11-7-4-8-12-20/h3-15,17-18,26-29,31,37H,16H2,1-2H3,(H,35,41)/t26?,27?,28?,31-/m0/s1. The molecule has 2 heterocycles. The van der Waals surface area contributed by atoms with Gasteiger partial charge in [0.25, 0.3) is 0 Å². The topological polar surface area (TPSA) is 78.9 Å². The van der Waals surface area contributed by atoms with E-state index in [0.29, 0.717) is 27.0 Å². The molecule has 2 N–H and O–H groups in total. The van der Waals surface area contributed by atoms with Gasteiger partial charge in [0.15, 0.2) is 12.1 Å². The van der Waals surface area contributed by atoms with E-state index in [9.17, 15) is 14.7 Å². The van der Waals surface area contributed by atoms with Crippen molar-refractivity contribution in [3.8, 4) is 0 Å². The van der Waals surface area contributed by atoms with E-state index in [0.717, 1.165) is 16.7 Å². The molecule has 1 amide bonds. The lowest BCUT2D eigenvalue weighted by atomic mass is 9.90. The van der Waals surface area contributed by atoms with Crippen LogP contribution in [0.25, 0.3) is 0 Å². The van der Waals surface area contributed by atoms with E-state index in [1.807, 2.05) is 74.5 Å². The number of rotatable bonds is 9. The number of amides is 1. The van der Waals surface area contributed by atoms with Crippen LogP contribution < -0.4 is 5.32 Å². The highest BCUT2D eigenvalue weighted by Gasteiger charge is 2.57. The van der Waals surface area contributed by atoms with Crippen molar-refractivity contribution in [2.24, 2.45) is 5.92 Å². The summed E-state index contributed by atoms with van der Waals surface area (Å²) in [7, 11) is 0. The van der Waals surface area contributed by atoms with Crippen LogP contribution in [0.3, 0.4) is 0 Å². The maximum absolute atomic E-state index is 14.0. The van der Waals surface area contributed by atoms with Gasteiger partial charge in [-0.1, -0.05) is 110 Å². The van der Waals surface area contributed by atoms with Crippen molar-refractivity contribution in [2.75, 3.05) is 0 Å². The van der Waals surface area contributed by atoms with E-state index in [2.05, 4.69) is 5.32 Å². The summed E-state index contributed by atoms with van der Waals surface area (Å²) >= 11 is 19.4. The van der Waals surface area contributed by atoms with Crippen LogP contribution >= 0.6 is 47.2 Å². The van der Waals surface area contributed by atoms with E-state index in [4.69, 9.17) is 40.2 Å². The Morgan fingerprint density at radius 3 is 2.26 bits per heavy atom. The lowest BCUT2D eigenvalue weighted by Crippen LogP contribution is -2.74. The normalized spacial score (nSPS) is 20.5. The molecule has 0 aromatic heterocycles. The fourth-order valence-corrected chi connectivity index (χ4v) is 7.04. The third kappa shape index (κ3) is 6.38. The molecule has 3 aromatic carbocycles. The third-order valence-electron chi connectivity index (χ3n) is 7.33. The number of benzene rings is 3. The molecule has 0 saturated carbocycles. The first-order valence-electron chi connectivity index (χ1n) is 13.5. The number of ether oxygens (including phenoxy) is 1. The molecule has 0 bridgehead atoms. The molecule has 2 aliphatic rings. The van der Waals surface area contributed by atoms with Crippen molar-refractivity contribution in [1.82, 2.24) is 10.2 Å². The second kappa shape index (κ2) is 13.2. The predicted octanol–water partition coefficient (Wildman–Crippen LogP) is 6.34. The van der Waals surface area contributed by atoms with Crippen molar-refractivity contribution in [3.05, 3.63) is 117 Å². The first-order valence-corrected chi connectivity index (χ1v) is 15.7. The predicted molar refractivity (Wildman–Crippen MR) is 171 cm³/mol. The number of nitrogens with one attached hydrogen (secondary N) is 1. The number of hydrogen-bond donors (Lipinski definition) is 2. The lowest BCUT2D eigenvalue weighted by molar-refractivity contribution is -0.165. The summed E-state index contributed by atoms with van der Waals surface area (Å²) < 4.78 is 6.18. The largest absolute Gasteiger partial charge is 0.451 e. The highest BCUT2D eigenvalue weighted by molar-refractivity contribution is 8.03. The van der Waals surface area contributed by atoms with Crippen LogP contribution in [-0.2, 0) is 20.7 Å². The van der Waals surface area contributed by atoms with Crippen LogP contribution in [-0.4, -0.2) is 50.4 Å². The van der Waals surface area contributed by atoms with Crippen LogP contribution in [0.1, 0.15) is 36.6 Å². The number of nitrogens with zero attached hydrogens (tertiary/aromatic N) is 1. The average Bonchev–Trinajstić information content (AvgIpc) is 3.00. The molecule has 4 atom stereocenters. The van der Waals surface area contributed by atoms with E-state index in [-0.39, 0.29) is 11.8 Å². The van der Waals surface area contributed by atoms with E-state index >= 15 is 0 Å². The highest BCUT2D eigenvalue weighted by Crippen LogP contribution is 2.43. The van der Waals surface area contributed by atoms with Gasteiger partial charge in [-0.15, -0.1) is 11.8 Å². The summed E-state index contributed by atoms with van der Waals surface area (Å²) in [5.74, 6) is -1.08. The number of carbonyl (C=O) groups excluding carboxylic acids is 2. The number of hydrogen-bond acceptors (Lipinski definition) is 6. The van der Waals surface area contributed by atoms with Crippen LogP contribution in [0.4, 0.5) is 0 Å². The van der Waals surface area contributed by atoms with Crippen LogP contribution in [0, 0.1) is 5.92 Å². The SMILES string of the molecule is CC(C)C(O)C1=CS[C@H]2C(NC(=S)Cc3cc(Cl)ccc3Cl)C(=O)N2C1C(=O)OC(c1ccccc1)c1ccccc1. The first-order chi connectivity index (χ1) is 20.2. The van der Waals surface area contributed by atoms with Crippen molar-refractivity contribution in [1.29, 1.82) is 0 Å². The maximum atomic E-state index is 14.0. The van der Waals surface area contributed by atoms with Gasteiger partial charge in [-0.25, -0.2) is 4.79 Å². The molecule has 10 heteroatoms. The first kappa shape index (κ1) is 30.6. The Morgan fingerprint density at radius 1 is 1.05 bits per heavy atom. The van der Waals surface area contributed by atoms with Crippen LogP contribution in [0.5, 0.6) is 0 Å². The Hall–Kier alpha value is -2.88. The minimum Gasteiger partial charge on any atom is -0.451 e. The summed E-state index contributed by atoms with van der Waals surface area (Å²) in [4.78, 5) is 29.6. The van der Waals surface area contributed by atoms with Crippen molar-refractivity contribution in [2.45, 2.75) is 49.9 Å². The van der Waals surface area contributed by atoms with E-state index < -0.39 is 35.6 Å². The number of β-lactam (4-membered cyclic amide) rings is 1. The molecular formula is C32H30Cl2N2O4S2. The van der Waals surface area contributed by atoms with Gasteiger partial charge in [-0.3, -0.25) is 4.79 Å². The molecule has 1 saturated heterocycles. The number of fused-ring (bicyclic) bond motifs is 1. The number of carbonyl (C=O) groups is 2. The zero-order valence-electron chi connectivity index (χ0n) is 22.9. The molecule has 0 radical (unpaired) electrons. The molecule has 1 fully saturated rings. The van der Waals surface area contributed by atoms with Gasteiger partial charge in [0.05, 0.1) is 11.1 Å². The number of esters is 1. The van der Waals surface area contributed by atoms with Gasteiger partial charge in [0.2, 0.25) is 5.91 Å². The molecule has 3 aromatic rings. The summed E-state index contributed by atoms with van der Waals surface area (Å²) in [5, 5.41) is 16.7. The summed E-state index contributed by atoms with van der Waals surface area (Å²) in [6.07, 6.45) is -1.32. The number of thioether (sulfide) groups is 1. The highest BCUT2D eigenvalue weighted by atomic mass is 35.5. The van der Waals surface area contributed by atoms with Gasteiger partial charge in [0.1, 0.15) is 11.4 Å². The number of halogens is 2. The van der Waals surface area contributed by atoms with Gasteiger partial charge in [-0.05, 0) is 51.8 Å². The minimum atomic E-state index is -1.08. The molecule has 218 valence electrons. The zero-order valence-corrected chi connectivity index (χ0v) is 26.1. The molecule has 42 heavy (non-hydrogen) atoms. The molecule has 6 nitrogen and oxygen atoms in total. The van der Waals surface area contributed by atoms with Gasteiger partial charge >= 0.3 is 5.97 Å². The average molecular weight is 642 g/mol. The van der Waals surface area contributed by atoms with Crippen molar-refractivity contribution < 1.29 is 19.4 Å². The quantitative estimate of drug-likeness (QED) is 0.161. The van der Waals surface area contributed by atoms with Crippen molar-refractivity contribution >= 4 is 64.0 Å². The Morgan fingerprint density at radius 2 is 1.67 bits per heavy atom. The fourth-order valence-electron chi connectivity index (χ4n) is 5.12. The number of thiocarbonyl (C=S) groups is 1. The molecule has 0 aliphatic carbocycles. The fraction of sp³-hybridized carbons (Fsp3) is 0.281. The Bertz CT molecular complexity index is 1460. The van der Waals surface area contributed by atoms with Gasteiger partial charge < -0.3 is 20.1 Å². The van der Waals surface area contributed by atoms with Crippen LogP contribution in [0.15, 0.2) is 89.8 Å². The Balaban J connectivity index is 1.39. The maximum Gasteiger partial charge on any atom is 0.334 e. The molecule has 2 aliphatic heterocycles. The number of aliphatic hydroxyl groups excluding tert-OH is 1. The second-order valence-corrected chi connectivity index (χ2v) is 12.9. The Labute approximate surface area is 265 Å². The summed E-state index contributed by atoms with van der Waals surface area (Å²) in [6.45, 7) is 3.73. The van der Waals surface area contributed by atoms with Crippen LogP contribution in [0.2, 0.25) is 10.0 Å². The molecular weight excluding hydrogens is 611 g/mol. The monoisotopic (exact) mass is 640 g/mol.